The van der Waals surface area contributed by atoms with E-state index in [9.17, 15) is 13.2 Å². The number of anilines is 1. The van der Waals surface area contributed by atoms with Crippen molar-refractivity contribution in [1.29, 1.82) is 0 Å². The topological polar surface area (TPSA) is 107 Å². The number of aromatic nitrogens is 1. The Morgan fingerprint density at radius 1 is 1.22 bits per heavy atom. The Morgan fingerprint density at radius 2 is 2.00 bits per heavy atom. The zero-order valence-corrected chi connectivity index (χ0v) is 18.9. The third kappa shape index (κ3) is 5.14. The minimum absolute atomic E-state index is 0.0125. The molecule has 0 saturated heterocycles. The minimum atomic E-state index is -3.32. The fourth-order valence-electron chi connectivity index (χ4n) is 2.97. The van der Waals surface area contributed by atoms with E-state index in [1.54, 1.807) is 30.8 Å². The second-order valence-electron chi connectivity index (χ2n) is 7.12. The molecule has 0 unspecified atom stereocenters. The van der Waals surface area contributed by atoms with E-state index in [0.29, 0.717) is 29.3 Å². The maximum atomic E-state index is 12.9. The molecule has 3 aromatic rings. The van der Waals surface area contributed by atoms with Crippen LogP contribution in [0.2, 0.25) is 0 Å². The third-order valence-corrected chi connectivity index (χ3v) is 7.78. The third-order valence-electron chi connectivity index (χ3n) is 4.81. The molecule has 0 spiro atoms. The highest BCUT2D eigenvalue weighted by Gasteiger charge is 2.36. The number of nitrogens with zero attached hydrogens (tertiary/aromatic N) is 2. The summed E-state index contributed by atoms with van der Waals surface area (Å²) in [5.41, 5.74) is 1.26. The van der Waals surface area contributed by atoms with Crippen LogP contribution in [0.5, 0.6) is 5.75 Å². The normalized spacial score (nSPS) is 14.1. The molecule has 0 bridgehead atoms. The second-order valence-corrected chi connectivity index (χ2v) is 10.2. The van der Waals surface area contributed by atoms with Crippen molar-refractivity contribution < 1.29 is 22.8 Å². The number of amides is 1. The van der Waals surface area contributed by atoms with Crippen molar-refractivity contribution in [1.82, 2.24) is 4.98 Å². The van der Waals surface area contributed by atoms with E-state index in [2.05, 4.69) is 15.5 Å². The molecule has 1 N–H and O–H groups in total. The van der Waals surface area contributed by atoms with Crippen molar-refractivity contribution in [3.8, 4) is 5.75 Å². The Bertz CT molecular complexity index is 1220. The van der Waals surface area contributed by atoms with E-state index in [-0.39, 0.29) is 22.5 Å². The fraction of sp³-hybridized carbons (Fsp3) is 0.227. The molecule has 1 amide bonds. The summed E-state index contributed by atoms with van der Waals surface area (Å²) in [6.07, 6.45) is 2.95. The number of carbonyl (C=O) groups excluding carboxylic acids is 1. The molecule has 0 aliphatic heterocycles. The first-order valence-electron chi connectivity index (χ1n) is 9.85. The largest absolute Gasteiger partial charge is 0.497 e. The quantitative estimate of drug-likeness (QED) is 0.377. The van der Waals surface area contributed by atoms with E-state index in [1.807, 2.05) is 24.3 Å². The van der Waals surface area contributed by atoms with Gasteiger partial charge in [-0.2, -0.15) is 0 Å². The molecular weight excluding hydrogens is 450 g/mol. The van der Waals surface area contributed by atoms with E-state index in [1.165, 1.54) is 23.5 Å². The molecule has 8 nitrogen and oxygen atoms in total. The first-order chi connectivity index (χ1) is 15.5. The van der Waals surface area contributed by atoms with E-state index < -0.39 is 15.7 Å². The predicted molar refractivity (Wildman–Crippen MR) is 122 cm³/mol. The van der Waals surface area contributed by atoms with Crippen molar-refractivity contribution in [3.05, 3.63) is 71.2 Å². The Morgan fingerprint density at radius 3 is 2.66 bits per heavy atom. The van der Waals surface area contributed by atoms with E-state index in [0.717, 1.165) is 5.56 Å². The molecule has 1 aromatic heterocycles. The van der Waals surface area contributed by atoms with Gasteiger partial charge < -0.3 is 9.57 Å². The Balaban J connectivity index is 1.56. The molecule has 166 valence electrons. The summed E-state index contributed by atoms with van der Waals surface area (Å²) in [4.78, 5) is 22.6. The maximum absolute atomic E-state index is 12.9. The van der Waals surface area contributed by atoms with Gasteiger partial charge in [0, 0.05) is 17.1 Å². The molecule has 2 aromatic carbocycles. The summed E-state index contributed by atoms with van der Waals surface area (Å²) in [5.74, 6) is 0.174. The van der Waals surface area contributed by atoms with Crippen LogP contribution in [0.25, 0.3) is 0 Å². The molecule has 0 atom stereocenters. The van der Waals surface area contributed by atoms with Gasteiger partial charge in [0.1, 0.15) is 12.4 Å². The average Bonchev–Trinajstić information content (AvgIpc) is 3.55. The monoisotopic (exact) mass is 471 g/mol. The first-order valence-corrected chi connectivity index (χ1v) is 12.3. The first kappa shape index (κ1) is 22.0. The number of hydrogen-bond donors (Lipinski definition) is 1. The van der Waals surface area contributed by atoms with Crippen LogP contribution in [0.15, 0.2) is 70.2 Å². The molecule has 1 aliphatic rings. The van der Waals surface area contributed by atoms with Crippen LogP contribution in [-0.2, 0) is 26.1 Å². The van der Waals surface area contributed by atoms with Crippen molar-refractivity contribution >= 4 is 37.9 Å². The van der Waals surface area contributed by atoms with Gasteiger partial charge in [0.15, 0.2) is 20.7 Å². The summed E-state index contributed by atoms with van der Waals surface area (Å²) in [5, 5.41) is 8.59. The molecule has 1 fully saturated rings. The smallest absolute Gasteiger partial charge is 0.280 e. The summed E-state index contributed by atoms with van der Waals surface area (Å²) >= 11 is 1.27. The molecule has 32 heavy (non-hydrogen) atoms. The number of thiazole rings is 1. The second kappa shape index (κ2) is 9.49. The Hall–Kier alpha value is -3.24. The van der Waals surface area contributed by atoms with Crippen LogP contribution in [0.3, 0.4) is 0 Å². The van der Waals surface area contributed by atoms with Crippen LogP contribution in [0.4, 0.5) is 5.13 Å². The van der Waals surface area contributed by atoms with Crippen molar-refractivity contribution in [3.63, 3.8) is 0 Å². The summed E-state index contributed by atoms with van der Waals surface area (Å²) in [6.45, 7) is 0.124. The van der Waals surface area contributed by atoms with Crippen LogP contribution < -0.4 is 10.1 Å². The maximum Gasteiger partial charge on any atom is 0.280 e. The van der Waals surface area contributed by atoms with E-state index in [4.69, 9.17) is 9.57 Å². The number of carbonyl (C=O) groups is 1. The molecule has 1 saturated carbocycles. The number of hydrogen-bond acceptors (Lipinski definition) is 8. The fourth-order valence-corrected chi connectivity index (χ4v) is 5.15. The van der Waals surface area contributed by atoms with Crippen LogP contribution in [-0.4, -0.2) is 37.4 Å². The number of nitrogens with one attached hydrogen (secondary N) is 1. The lowest BCUT2D eigenvalue weighted by Gasteiger charge is -2.09. The highest BCUT2D eigenvalue weighted by Crippen LogP contribution is 2.33. The average molecular weight is 472 g/mol. The molecule has 4 rings (SSSR count). The number of rotatable bonds is 9. The molecule has 0 radical (unpaired) electrons. The van der Waals surface area contributed by atoms with Crippen molar-refractivity contribution in [2.45, 2.75) is 29.6 Å². The number of oxime groups is 1. The number of sulfone groups is 1. The van der Waals surface area contributed by atoms with Crippen LogP contribution >= 0.6 is 11.3 Å². The van der Waals surface area contributed by atoms with Gasteiger partial charge in [0.25, 0.3) is 5.91 Å². The molecule has 10 heteroatoms. The molecular formula is C22H21N3O5S2. The van der Waals surface area contributed by atoms with Gasteiger partial charge in [-0.05, 0) is 42.7 Å². The predicted octanol–water partition coefficient (Wildman–Crippen LogP) is 3.65. The summed E-state index contributed by atoms with van der Waals surface area (Å²) in [6, 6.07) is 13.4. The SMILES string of the molecule is COc1cccc(CON=C(C(=O)Nc2nccs2)c2ccc(S(=O)(=O)C3CC3)cc2)c1. The summed E-state index contributed by atoms with van der Waals surface area (Å²) < 4.78 is 30.1. The lowest BCUT2D eigenvalue weighted by molar-refractivity contribution is -0.110. The highest BCUT2D eigenvalue weighted by atomic mass is 32.2. The highest BCUT2D eigenvalue weighted by molar-refractivity contribution is 7.92. The lowest BCUT2D eigenvalue weighted by atomic mass is 10.1. The van der Waals surface area contributed by atoms with Crippen LogP contribution in [0, 0.1) is 0 Å². The van der Waals surface area contributed by atoms with Crippen LogP contribution in [0.1, 0.15) is 24.0 Å². The molecule has 1 heterocycles. The number of methoxy groups -OCH3 is 1. The van der Waals surface area contributed by atoms with Gasteiger partial charge in [-0.25, -0.2) is 13.4 Å². The van der Waals surface area contributed by atoms with Gasteiger partial charge in [0.2, 0.25) is 0 Å². The van der Waals surface area contributed by atoms with E-state index >= 15 is 0 Å². The van der Waals surface area contributed by atoms with Gasteiger partial charge >= 0.3 is 0 Å². The Labute approximate surface area is 189 Å². The standard InChI is InChI=1S/C22H21N3O5S2/c1-29-17-4-2-3-15(13-17)14-30-25-20(21(26)24-22-23-11-12-31-22)16-5-7-18(8-6-16)32(27,28)19-9-10-19/h2-8,11-13,19H,9-10,14H2,1H3,(H,23,24,26). The number of benzene rings is 2. The zero-order valence-electron chi connectivity index (χ0n) is 17.2. The van der Waals surface area contributed by atoms with Gasteiger partial charge in [-0.15, -0.1) is 11.3 Å². The van der Waals surface area contributed by atoms with Crippen molar-refractivity contribution in [2.24, 2.45) is 5.16 Å². The van der Waals surface area contributed by atoms with Gasteiger partial charge in [-0.3, -0.25) is 10.1 Å². The lowest BCUT2D eigenvalue weighted by Crippen LogP contribution is -2.24. The van der Waals surface area contributed by atoms with Crippen molar-refractivity contribution in [2.75, 3.05) is 12.4 Å². The number of ether oxygens (including phenoxy) is 1. The Kier molecular flexibility index (Phi) is 6.52. The van der Waals surface area contributed by atoms with Gasteiger partial charge in [0.05, 0.1) is 17.3 Å². The summed E-state index contributed by atoms with van der Waals surface area (Å²) in [7, 11) is -1.75. The van der Waals surface area contributed by atoms with Gasteiger partial charge in [-0.1, -0.05) is 29.4 Å². The minimum Gasteiger partial charge on any atom is -0.497 e. The zero-order chi connectivity index (χ0) is 22.6. The molecule has 1 aliphatic carbocycles.